The van der Waals surface area contributed by atoms with Crippen molar-refractivity contribution in [3.05, 3.63) is 58.1 Å². The molecular formula is C18H21ClN2O2. The third kappa shape index (κ3) is 5.18. The van der Waals surface area contributed by atoms with Crippen molar-refractivity contribution in [2.45, 2.75) is 20.8 Å². The molecule has 0 saturated carbocycles. The van der Waals surface area contributed by atoms with Crippen LogP contribution in [0.1, 0.15) is 16.7 Å². The summed E-state index contributed by atoms with van der Waals surface area (Å²) in [6, 6.07) is 11.1. The summed E-state index contributed by atoms with van der Waals surface area (Å²) in [5, 5.41) is 6.29. The predicted octanol–water partition coefficient (Wildman–Crippen LogP) is 4.47. The molecule has 5 heteroatoms. The maximum Gasteiger partial charge on any atom is 0.319 e. The molecule has 122 valence electrons. The Bertz CT molecular complexity index is 701. The molecule has 0 aliphatic heterocycles. The summed E-state index contributed by atoms with van der Waals surface area (Å²) in [6.45, 7) is 6.73. The topological polar surface area (TPSA) is 50.4 Å². The van der Waals surface area contributed by atoms with Crippen molar-refractivity contribution in [2.24, 2.45) is 0 Å². The van der Waals surface area contributed by atoms with Gasteiger partial charge in [-0.2, -0.15) is 0 Å². The highest BCUT2D eigenvalue weighted by atomic mass is 35.5. The number of ether oxygens (including phenoxy) is 1. The van der Waals surface area contributed by atoms with Crippen molar-refractivity contribution in [3.8, 4) is 5.75 Å². The average Bonchev–Trinajstić information content (AvgIpc) is 2.48. The Labute approximate surface area is 141 Å². The van der Waals surface area contributed by atoms with E-state index in [0.717, 1.165) is 22.6 Å². The number of hydrogen-bond donors (Lipinski definition) is 2. The molecule has 2 aromatic carbocycles. The quantitative estimate of drug-likeness (QED) is 0.794. The number of anilines is 1. The molecule has 0 fully saturated rings. The Hall–Kier alpha value is -2.20. The molecule has 0 saturated heterocycles. The Balaban J connectivity index is 1.76. The van der Waals surface area contributed by atoms with Gasteiger partial charge in [-0.05, 0) is 56.2 Å². The number of hydrogen-bond acceptors (Lipinski definition) is 2. The third-order valence-electron chi connectivity index (χ3n) is 3.41. The van der Waals surface area contributed by atoms with E-state index >= 15 is 0 Å². The van der Waals surface area contributed by atoms with Crippen LogP contribution >= 0.6 is 11.6 Å². The molecule has 2 aromatic rings. The van der Waals surface area contributed by atoms with Crippen LogP contribution in [0, 0.1) is 20.8 Å². The Morgan fingerprint density at radius 2 is 1.87 bits per heavy atom. The molecule has 0 spiro atoms. The fourth-order valence-electron chi connectivity index (χ4n) is 2.22. The minimum absolute atomic E-state index is 0.242. The van der Waals surface area contributed by atoms with Crippen LogP contribution in [0.3, 0.4) is 0 Å². The highest BCUT2D eigenvalue weighted by Gasteiger charge is 2.05. The molecule has 0 heterocycles. The van der Waals surface area contributed by atoms with E-state index in [1.807, 2.05) is 51.1 Å². The Morgan fingerprint density at radius 3 is 2.57 bits per heavy atom. The van der Waals surface area contributed by atoms with Crippen LogP contribution in [0.2, 0.25) is 5.02 Å². The summed E-state index contributed by atoms with van der Waals surface area (Å²) in [5.74, 6) is 0.769. The molecule has 0 atom stereocenters. The number of rotatable bonds is 5. The number of nitrogens with one attached hydrogen (secondary N) is 2. The molecular weight excluding hydrogens is 312 g/mol. The first-order valence-corrected chi connectivity index (χ1v) is 7.84. The number of urea groups is 1. The fourth-order valence-corrected chi connectivity index (χ4v) is 2.45. The van der Waals surface area contributed by atoms with Crippen molar-refractivity contribution in [1.29, 1.82) is 0 Å². The second-order valence-electron chi connectivity index (χ2n) is 5.46. The first-order chi connectivity index (χ1) is 11.0. The van der Waals surface area contributed by atoms with E-state index in [2.05, 4.69) is 10.6 Å². The van der Waals surface area contributed by atoms with E-state index in [-0.39, 0.29) is 6.03 Å². The van der Waals surface area contributed by atoms with Crippen molar-refractivity contribution < 1.29 is 9.53 Å². The maximum atomic E-state index is 11.9. The molecule has 2 N–H and O–H groups in total. The average molecular weight is 333 g/mol. The van der Waals surface area contributed by atoms with Gasteiger partial charge in [-0.1, -0.05) is 29.3 Å². The van der Waals surface area contributed by atoms with E-state index in [1.54, 1.807) is 6.07 Å². The van der Waals surface area contributed by atoms with E-state index in [1.165, 1.54) is 5.56 Å². The molecule has 0 bridgehead atoms. The van der Waals surface area contributed by atoms with Gasteiger partial charge >= 0.3 is 6.03 Å². The number of carbonyl (C=O) groups is 1. The van der Waals surface area contributed by atoms with Crippen LogP contribution in [0.25, 0.3) is 0 Å². The third-order valence-corrected chi connectivity index (χ3v) is 3.65. The summed E-state index contributed by atoms with van der Waals surface area (Å²) in [6.07, 6.45) is 0. The normalized spacial score (nSPS) is 10.3. The number of benzene rings is 2. The summed E-state index contributed by atoms with van der Waals surface area (Å²) < 4.78 is 5.63. The van der Waals surface area contributed by atoms with Crippen LogP contribution in [-0.4, -0.2) is 19.2 Å². The van der Waals surface area contributed by atoms with E-state index in [0.29, 0.717) is 18.2 Å². The van der Waals surface area contributed by atoms with Crippen LogP contribution in [0.5, 0.6) is 5.75 Å². The first-order valence-electron chi connectivity index (χ1n) is 7.47. The summed E-state index contributed by atoms with van der Waals surface area (Å²) >= 11 is 5.90. The summed E-state index contributed by atoms with van der Waals surface area (Å²) in [7, 11) is 0. The summed E-state index contributed by atoms with van der Waals surface area (Å²) in [4.78, 5) is 11.9. The first kappa shape index (κ1) is 17.2. The highest BCUT2D eigenvalue weighted by molar-refractivity contribution is 6.30. The summed E-state index contributed by atoms with van der Waals surface area (Å²) in [5.41, 5.74) is 3.98. The second kappa shape index (κ2) is 7.88. The SMILES string of the molecule is Cc1ccc(NC(=O)NCCOc2ccc(Cl)cc2C)c(C)c1. The monoisotopic (exact) mass is 332 g/mol. The van der Waals surface area contributed by atoms with Crippen molar-refractivity contribution in [2.75, 3.05) is 18.5 Å². The standard InChI is InChI=1S/C18H21ClN2O2/c1-12-4-6-16(13(2)10-12)21-18(22)20-8-9-23-17-7-5-15(19)11-14(17)3/h4-7,10-11H,8-9H2,1-3H3,(H2,20,21,22). The zero-order valence-electron chi connectivity index (χ0n) is 13.6. The molecule has 0 aromatic heterocycles. The lowest BCUT2D eigenvalue weighted by Crippen LogP contribution is -2.32. The molecule has 0 radical (unpaired) electrons. The van der Waals surface area contributed by atoms with Gasteiger partial charge in [0, 0.05) is 10.7 Å². The van der Waals surface area contributed by atoms with E-state index in [9.17, 15) is 4.79 Å². The molecule has 4 nitrogen and oxygen atoms in total. The second-order valence-corrected chi connectivity index (χ2v) is 5.89. The van der Waals surface area contributed by atoms with Crippen molar-refractivity contribution >= 4 is 23.3 Å². The van der Waals surface area contributed by atoms with Crippen molar-refractivity contribution in [3.63, 3.8) is 0 Å². The fraction of sp³-hybridized carbons (Fsp3) is 0.278. The van der Waals surface area contributed by atoms with Crippen LogP contribution < -0.4 is 15.4 Å². The minimum Gasteiger partial charge on any atom is -0.491 e. The number of aryl methyl sites for hydroxylation is 3. The van der Waals surface area contributed by atoms with Gasteiger partial charge in [0.25, 0.3) is 0 Å². The minimum atomic E-state index is -0.242. The van der Waals surface area contributed by atoms with Gasteiger partial charge in [0.1, 0.15) is 12.4 Å². The maximum absolute atomic E-state index is 11.9. The Kier molecular flexibility index (Phi) is 5.88. The van der Waals surface area contributed by atoms with Crippen LogP contribution in [0.4, 0.5) is 10.5 Å². The van der Waals surface area contributed by atoms with Gasteiger partial charge in [0.15, 0.2) is 0 Å². The van der Waals surface area contributed by atoms with Gasteiger partial charge in [0.2, 0.25) is 0 Å². The highest BCUT2D eigenvalue weighted by Crippen LogP contribution is 2.21. The van der Waals surface area contributed by atoms with E-state index < -0.39 is 0 Å². The molecule has 2 amide bonds. The van der Waals surface area contributed by atoms with Gasteiger partial charge in [0.05, 0.1) is 6.54 Å². The molecule has 23 heavy (non-hydrogen) atoms. The molecule has 0 unspecified atom stereocenters. The lowest BCUT2D eigenvalue weighted by atomic mass is 10.1. The van der Waals surface area contributed by atoms with Gasteiger partial charge < -0.3 is 15.4 Å². The van der Waals surface area contributed by atoms with Crippen LogP contribution in [0.15, 0.2) is 36.4 Å². The zero-order chi connectivity index (χ0) is 16.8. The van der Waals surface area contributed by atoms with Gasteiger partial charge in [-0.3, -0.25) is 0 Å². The molecule has 0 aliphatic carbocycles. The number of halogens is 1. The smallest absolute Gasteiger partial charge is 0.319 e. The molecule has 2 rings (SSSR count). The number of amides is 2. The Morgan fingerprint density at radius 1 is 1.09 bits per heavy atom. The lowest BCUT2D eigenvalue weighted by molar-refractivity contribution is 0.247. The predicted molar refractivity (Wildman–Crippen MR) is 94.6 cm³/mol. The largest absolute Gasteiger partial charge is 0.491 e. The molecule has 0 aliphatic rings. The van der Waals surface area contributed by atoms with Crippen LogP contribution in [-0.2, 0) is 0 Å². The van der Waals surface area contributed by atoms with Gasteiger partial charge in [-0.25, -0.2) is 4.79 Å². The number of carbonyl (C=O) groups excluding carboxylic acids is 1. The van der Waals surface area contributed by atoms with Gasteiger partial charge in [-0.15, -0.1) is 0 Å². The zero-order valence-corrected chi connectivity index (χ0v) is 14.3. The lowest BCUT2D eigenvalue weighted by Gasteiger charge is -2.12. The van der Waals surface area contributed by atoms with E-state index in [4.69, 9.17) is 16.3 Å². The van der Waals surface area contributed by atoms with Crippen molar-refractivity contribution in [1.82, 2.24) is 5.32 Å².